The first-order chi connectivity index (χ1) is 6.56. The molecule has 0 aromatic heterocycles. The minimum Gasteiger partial charge on any atom is -0.394 e. The summed E-state index contributed by atoms with van der Waals surface area (Å²) in [5, 5.41) is 18.2. The lowest BCUT2D eigenvalue weighted by Crippen LogP contribution is -2.23. The smallest absolute Gasteiger partial charge is 0.0779 e. The van der Waals surface area contributed by atoms with Crippen LogP contribution in [0.15, 0.2) is 0 Å². The largest absolute Gasteiger partial charge is 0.394 e. The van der Waals surface area contributed by atoms with Gasteiger partial charge in [-0.25, -0.2) is 0 Å². The van der Waals surface area contributed by atoms with Crippen molar-refractivity contribution in [3.8, 4) is 0 Å². The number of ether oxygens (including phenoxy) is 1. The zero-order valence-electron chi connectivity index (χ0n) is 9.44. The van der Waals surface area contributed by atoms with Gasteiger partial charge in [0.1, 0.15) is 0 Å². The van der Waals surface area contributed by atoms with Crippen LogP contribution in [-0.2, 0) is 4.74 Å². The number of aliphatic hydroxyl groups is 2. The number of aliphatic hydroxyl groups excluding tert-OH is 2. The van der Waals surface area contributed by atoms with Gasteiger partial charge in [-0.05, 0) is 40.4 Å². The highest BCUT2D eigenvalue weighted by molar-refractivity contribution is 4.57. The third-order valence-corrected chi connectivity index (χ3v) is 1.97. The van der Waals surface area contributed by atoms with Gasteiger partial charge in [-0.1, -0.05) is 0 Å². The lowest BCUT2D eigenvalue weighted by molar-refractivity contribution is -0.0261. The molecule has 0 aliphatic carbocycles. The zero-order chi connectivity index (χ0) is 11.0. The quantitative estimate of drug-likeness (QED) is 0.589. The van der Waals surface area contributed by atoms with E-state index in [0.717, 1.165) is 19.4 Å². The standard InChI is InChI=1S/C10H23NO3/c1-9(7-12)14-8-10(13)5-4-6-11(2)3/h9-10,12-13H,4-8H2,1-3H3. The first kappa shape index (κ1) is 13.8. The molecule has 0 aliphatic heterocycles. The number of hydrogen-bond acceptors (Lipinski definition) is 4. The number of nitrogens with zero attached hydrogens (tertiary/aromatic N) is 1. The van der Waals surface area contributed by atoms with E-state index in [1.54, 1.807) is 6.92 Å². The van der Waals surface area contributed by atoms with Crippen LogP contribution in [0.25, 0.3) is 0 Å². The van der Waals surface area contributed by atoms with Gasteiger partial charge in [-0.15, -0.1) is 0 Å². The molecular formula is C10H23NO3. The molecule has 0 amide bonds. The first-order valence-corrected chi connectivity index (χ1v) is 5.11. The lowest BCUT2D eigenvalue weighted by Gasteiger charge is -2.15. The third kappa shape index (κ3) is 8.44. The molecule has 2 N–H and O–H groups in total. The van der Waals surface area contributed by atoms with Crippen molar-refractivity contribution >= 4 is 0 Å². The van der Waals surface area contributed by atoms with Gasteiger partial charge >= 0.3 is 0 Å². The summed E-state index contributed by atoms with van der Waals surface area (Å²) >= 11 is 0. The molecule has 0 radical (unpaired) electrons. The highest BCUT2D eigenvalue weighted by Crippen LogP contribution is 2.00. The van der Waals surface area contributed by atoms with Crippen LogP contribution in [0.3, 0.4) is 0 Å². The highest BCUT2D eigenvalue weighted by Gasteiger charge is 2.07. The molecule has 4 heteroatoms. The molecule has 2 atom stereocenters. The molecule has 4 nitrogen and oxygen atoms in total. The van der Waals surface area contributed by atoms with Gasteiger partial charge in [-0.2, -0.15) is 0 Å². The lowest BCUT2D eigenvalue weighted by atomic mass is 10.2. The molecule has 0 saturated heterocycles. The normalized spacial score (nSPS) is 15.9. The van der Waals surface area contributed by atoms with Gasteiger partial charge in [0, 0.05) is 0 Å². The molecule has 0 spiro atoms. The number of hydrogen-bond donors (Lipinski definition) is 2. The van der Waals surface area contributed by atoms with Crippen LogP contribution in [0.5, 0.6) is 0 Å². The van der Waals surface area contributed by atoms with E-state index in [0.29, 0.717) is 6.61 Å². The maximum atomic E-state index is 9.48. The van der Waals surface area contributed by atoms with E-state index in [2.05, 4.69) is 4.90 Å². The summed E-state index contributed by atoms with van der Waals surface area (Å²) in [6.45, 7) is 3.08. The maximum Gasteiger partial charge on any atom is 0.0779 e. The summed E-state index contributed by atoms with van der Waals surface area (Å²) in [7, 11) is 4.02. The molecule has 0 rings (SSSR count). The van der Waals surface area contributed by atoms with E-state index in [-0.39, 0.29) is 12.7 Å². The topological polar surface area (TPSA) is 52.9 Å². The molecule has 0 heterocycles. The van der Waals surface area contributed by atoms with Gasteiger partial charge in [0.2, 0.25) is 0 Å². The van der Waals surface area contributed by atoms with Crippen molar-refractivity contribution in [3.63, 3.8) is 0 Å². The van der Waals surface area contributed by atoms with Crippen LogP contribution in [0.1, 0.15) is 19.8 Å². The second-order valence-corrected chi connectivity index (χ2v) is 3.93. The zero-order valence-corrected chi connectivity index (χ0v) is 9.44. The van der Waals surface area contributed by atoms with Crippen molar-refractivity contribution in [3.05, 3.63) is 0 Å². The Morgan fingerprint density at radius 1 is 1.36 bits per heavy atom. The van der Waals surface area contributed by atoms with Crippen molar-refractivity contribution in [2.45, 2.75) is 32.0 Å². The molecule has 0 fully saturated rings. The Morgan fingerprint density at radius 2 is 2.00 bits per heavy atom. The minimum absolute atomic E-state index is 0.00438. The van der Waals surface area contributed by atoms with Gasteiger partial charge < -0.3 is 19.8 Å². The monoisotopic (exact) mass is 205 g/mol. The molecule has 86 valence electrons. The summed E-state index contributed by atoms with van der Waals surface area (Å²) in [6, 6.07) is 0. The van der Waals surface area contributed by atoms with Crippen LogP contribution in [0.2, 0.25) is 0 Å². The Hall–Kier alpha value is -0.160. The van der Waals surface area contributed by atoms with E-state index < -0.39 is 6.10 Å². The Morgan fingerprint density at radius 3 is 2.50 bits per heavy atom. The van der Waals surface area contributed by atoms with E-state index in [1.807, 2.05) is 14.1 Å². The van der Waals surface area contributed by atoms with Crippen molar-refractivity contribution in [2.24, 2.45) is 0 Å². The Kier molecular flexibility index (Phi) is 8.08. The Labute approximate surface area is 86.5 Å². The SMILES string of the molecule is CC(CO)OCC(O)CCCN(C)C. The van der Waals surface area contributed by atoms with E-state index in [9.17, 15) is 5.11 Å². The fourth-order valence-corrected chi connectivity index (χ4v) is 1.05. The Balaban J connectivity index is 3.32. The average molecular weight is 205 g/mol. The summed E-state index contributed by atoms with van der Waals surface area (Å²) in [5.74, 6) is 0. The van der Waals surface area contributed by atoms with Crippen molar-refractivity contribution < 1.29 is 14.9 Å². The summed E-state index contributed by atoms with van der Waals surface area (Å²) < 4.78 is 5.20. The highest BCUT2D eigenvalue weighted by atomic mass is 16.5. The molecule has 0 bridgehead atoms. The van der Waals surface area contributed by atoms with Crippen molar-refractivity contribution in [2.75, 3.05) is 33.9 Å². The van der Waals surface area contributed by atoms with Gasteiger partial charge in [0.25, 0.3) is 0 Å². The number of rotatable bonds is 8. The third-order valence-electron chi connectivity index (χ3n) is 1.97. The molecule has 0 aromatic carbocycles. The van der Waals surface area contributed by atoms with E-state index in [1.165, 1.54) is 0 Å². The van der Waals surface area contributed by atoms with E-state index >= 15 is 0 Å². The summed E-state index contributed by atoms with van der Waals surface area (Å²) in [5.41, 5.74) is 0. The van der Waals surface area contributed by atoms with Crippen molar-refractivity contribution in [1.29, 1.82) is 0 Å². The second-order valence-electron chi connectivity index (χ2n) is 3.93. The van der Waals surface area contributed by atoms with Crippen LogP contribution in [-0.4, -0.2) is 61.2 Å². The Bertz CT molecular complexity index is 131. The second kappa shape index (κ2) is 8.17. The first-order valence-electron chi connectivity index (χ1n) is 5.11. The maximum absolute atomic E-state index is 9.48. The molecule has 0 aliphatic rings. The molecule has 0 saturated carbocycles. The molecular weight excluding hydrogens is 182 g/mol. The fraction of sp³-hybridized carbons (Fsp3) is 1.00. The predicted molar refractivity (Wildman–Crippen MR) is 56.3 cm³/mol. The van der Waals surface area contributed by atoms with Gasteiger partial charge in [0.15, 0.2) is 0 Å². The van der Waals surface area contributed by atoms with Crippen LogP contribution in [0.4, 0.5) is 0 Å². The molecule has 2 unspecified atom stereocenters. The molecule has 14 heavy (non-hydrogen) atoms. The minimum atomic E-state index is -0.413. The fourth-order valence-electron chi connectivity index (χ4n) is 1.05. The van der Waals surface area contributed by atoms with Crippen LogP contribution < -0.4 is 0 Å². The van der Waals surface area contributed by atoms with Crippen molar-refractivity contribution in [1.82, 2.24) is 4.90 Å². The average Bonchev–Trinajstić information content (AvgIpc) is 2.13. The summed E-state index contributed by atoms with van der Waals surface area (Å²) in [4.78, 5) is 2.09. The molecule has 0 aromatic rings. The van der Waals surface area contributed by atoms with Crippen LogP contribution >= 0.6 is 0 Å². The predicted octanol–water partition coefficient (Wildman–Crippen LogP) is 0.0865. The van der Waals surface area contributed by atoms with E-state index in [4.69, 9.17) is 9.84 Å². The summed E-state index contributed by atoms with van der Waals surface area (Å²) in [6.07, 6.45) is 1.11. The van der Waals surface area contributed by atoms with Gasteiger partial charge in [-0.3, -0.25) is 0 Å². The van der Waals surface area contributed by atoms with Gasteiger partial charge in [0.05, 0.1) is 25.4 Å². The van der Waals surface area contributed by atoms with Crippen LogP contribution in [0, 0.1) is 0 Å².